The summed E-state index contributed by atoms with van der Waals surface area (Å²) in [5, 5.41) is 0. The molecule has 13 heavy (non-hydrogen) atoms. The van der Waals surface area contributed by atoms with Crippen LogP contribution in [0.2, 0.25) is 0 Å². The van der Waals surface area contributed by atoms with E-state index in [0.29, 0.717) is 0 Å². The molecule has 1 fully saturated rings. The summed E-state index contributed by atoms with van der Waals surface area (Å²) in [6.07, 6.45) is 8.63. The molecule has 0 aromatic heterocycles. The molecule has 80 valence electrons. The van der Waals surface area contributed by atoms with Gasteiger partial charge in [-0.15, -0.1) is 0 Å². The second kappa shape index (κ2) is 7.64. The SMILES string of the molecule is CCCCCC[NH+]1CCCC1C.[Cl-]. The number of hydrogen-bond donors (Lipinski definition) is 1. The van der Waals surface area contributed by atoms with Crippen molar-refractivity contribution in [3.8, 4) is 0 Å². The molecular weight excluding hydrogens is 182 g/mol. The molecule has 0 spiro atoms. The van der Waals surface area contributed by atoms with Crippen LogP contribution in [-0.2, 0) is 0 Å². The Balaban J connectivity index is 0.00000144. The average Bonchev–Trinajstić information content (AvgIpc) is 2.46. The van der Waals surface area contributed by atoms with Crippen molar-refractivity contribution in [1.29, 1.82) is 0 Å². The topological polar surface area (TPSA) is 4.44 Å². The van der Waals surface area contributed by atoms with Crippen molar-refractivity contribution < 1.29 is 17.3 Å². The molecule has 1 rings (SSSR count). The zero-order valence-electron chi connectivity index (χ0n) is 9.11. The lowest BCUT2D eigenvalue weighted by Crippen LogP contribution is -3.13. The van der Waals surface area contributed by atoms with Crippen molar-refractivity contribution in [3.63, 3.8) is 0 Å². The highest BCUT2D eigenvalue weighted by Gasteiger charge is 2.22. The number of quaternary nitrogens is 1. The maximum absolute atomic E-state index is 2.40. The highest BCUT2D eigenvalue weighted by atomic mass is 35.5. The van der Waals surface area contributed by atoms with Crippen LogP contribution in [0.4, 0.5) is 0 Å². The van der Waals surface area contributed by atoms with Gasteiger partial charge < -0.3 is 17.3 Å². The third-order valence-electron chi connectivity index (χ3n) is 3.18. The molecule has 2 unspecified atom stereocenters. The van der Waals surface area contributed by atoms with Gasteiger partial charge in [0.15, 0.2) is 0 Å². The first-order valence-electron chi connectivity index (χ1n) is 5.69. The molecule has 0 amide bonds. The average molecular weight is 206 g/mol. The van der Waals surface area contributed by atoms with Gasteiger partial charge in [-0.25, -0.2) is 0 Å². The van der Waals surface area contributed by atoms with Gasteiger partial charge in [-0.2, -0.15) is 0 Å². The Morgan fingerprint density at radius 2 is 2.00 bits per heavy atom. The van der Waals surface area contributed by atoms with Gasteiger partial charge in [0.05, 0.1) is 19.1 Å². The minimum absolute atomic E-state index is 0. The first-order chi connectivity index (χ1) is 5.84. The summed E-state index contributed by atoms with van der Waals surface area (Å²) in [5.74, 6) is 0. The second-order valence-electron chi connectivity index (χ2n) is 4.26. The van der Waals surface area contributed by atoms with Crippen LogP contribution in [0.25, 0.3) is 0 Å². The van der Waals surface area contributed by atoms with E-state index in [-0.39, 0.29) is 12.4 Å². The van der Waals surface area contributed by atoms with Crippen molar-refractivity contribution in [2.24, 2.45) is 0 Å². The van der Waals surface area contributed by atoms with Crippen molar-refractivity contribution in [2.45, 2.75) is 58.4 Å². The Hall–Kier alpha value is 0.250. The monoisotopic (exact) mass is 205 g/mol. The van der Waals surface area contributed by atoms with E-state index in [0.717, 1.165) is 6.04 Å². The number of likely N-dealkylation sites (tertiary alicyclic amines) is 1. The van der Waals surface area contributed by atoms with Crippen molar-refractivity contribution in [2.75, 3.05) is 13.1 Å². The predicted molar refractivity (Wildman–Crippen MR) is 53.5 cm³/mol. The third kappa shape index (κ3) is 4.87. The molecule has 1 aliphatic heterocycles. The fraction of sp³-hybridized carbons (Fsp3) is 1.00. The summed E-state index contributed by atoms with van der Waals surface area (Å²) < 4.78 is 0. The minimum atomic E-state index is 0. The Bertz CT molecular complexity index is 117. The number of nitrogens with one attached hydrogen (secondary N) is 1. The quantitative estimate of drug-likeness (QED) is 0.529. The number of unbranched alkanes of at least 4 members (excludes halogenated alkanes) is 3. The van der Waals surface area contributed by atoms with E-state index in [1.165, 1.54) is 51.6 Å². The molecule has 0 aromatic rings. The van der Waals surface area contributed by atoms with E-state index in [9.17, 15) is 0 Å². The Labute approximate surface area is 89.3 Å². The highest BCUT2D eigenvalue weighted by molar-refractivity contribution is 4.55. The van der Waals surface area contributed by atoms with Crippen LogP contribution in [0.15, 0.2) is 0 Å². The second-order valence-corrected chi connectivity index (χ2v) is 4.26. The van der Waals surface area contributed by atoms with Gasteiger partial charge in [0, 0.05) is 12.8 Å². The van der Waals surface area contributed by atoms with Crippen LogP contribution in [0.3, 0.4) is 0 Å². The molecule has 2 atom stereocenters. The highest BCUT2D eigenvalue weighted by Crippen LogP contribution is 2.00. The van der Waals surface area contributed by atoms with Crippen LogP contribution >= 0.6 is 0 Å². The molecule has 1 aliphatic rings. The zero-order valence-corrected chi connectivity index (χ0v) is 9.87. The van der Waals surface area contributed by atoms with Crippen molar-refractivity contribution >= 4 is 0 Å². The summed E-state index contributed by atoms with van der Waals surface area (Å²) in [4.78, 5) is 1.87. The molecule has 0 saturated carbocycles. The summed E-state index contributed by atoms with van der Waals surface area (Å²) in [5.41, 5.74) is 0. The van der Waals surface area contributed by atoms with Crippen LogP contribution in [-0.4, -0.2) is 19.1 Å². The lowest BCUT2D eigenvalue weighted by atomic mass is 10.2. The Morgan fingerprint density at radius 1 is 1.23 bits per heavy atom. The molecule has 1 N–H and O–H groups in total. The van der Waals surface area contributed by atoms with Crippen molar-refractivity contribution in [1.82, 2.24) is 0 Å². The van der Waals surface area contributed by atoms with Gasteiger partial charge >= 0.3 is 0 Å². The van der Waals surface area contributed by atoms with E-state index < -0.39 is 0 Å². The van der Waals surface area contributed by atoms with Crippen molar-refractivity contribution in [3.05, 3.63) is 0 Å². The smallest absolute Gasteiger partial charge is 0.0848 e. The van der Waals surface area contributed by atoms with Gasteiger partial charge in [-0.1, -0.05) is 19.8 Å². The molecule has 2 heteroatoms. The van der Waals surface area contributed by atoms with Crippen LogP contribution in [0.1, 0.15) is 52.4 Å². The van der Waals surface area contributed by atoms with Gasteiger partial charge in [-0.3, -0.25) is 0 Å². The summed E-state index contributed by atoms with van der Waals surface area (Å²) in [6, 6.07) is 0.951. The fourth-order valence-corrected chi connectivity index (χ4v) is 2.24. The third-order valence-corrected chi connectivity index (χ3v) is 3.18. The van der Waals surface area contributed by atoms with E-state index >= 15 is 0 Å². The molecule has 0 radical (unpaired) electrons. The Morgan fingerprint density at radius 3 is 2.54 bits per heavy atom. The fourth-order valence-electron chi connectivity index (χ4n) is 2.24. The zero-order chi connectivity index (χ0) is 8.81. The maximum Gasteiger partial charge on any atom is 0.0848 e. The molecular formula is C11H24ClN. The van der Waals surface area contributed by atoms with Gasteiger partial charge in [-0.05, 0) is 19.8 Å². The van der Waals surface area contributed by atoms with Gasteiger partial charge in [0.1, 0.15) is 0 Å². The molecule has 0 bridgehead atoms. The van der Waals surface area contributed by atoms with E-state index in [1.807, 2.05) is 4.90 Å². The van der Waals surface area contributed by atoms with E-state index in [4.69, 9.17) is 0 Å². The number of halogens is 1. The van der Waals surface area contributed by atoms with Gasteiger partial charge in [0.25, 0.3) is 0 Å². The lowest BCUT2D eigenvalue weighted by molar-refractivity contribution is -0.910. The summed E-state index contributed by atoms with van der Waals surface area (Å²) >= 11 is 0. The Kier molecular flexibility index (Phi) is 7.78. The number of rotatable bonds is 5. The van der Waals surface area contributed by atoms with E-state index in [1.54, 1.807) is 0 Å². The molecule has 1 saturated heterocycles. The standard InChI is InChI=1S/C11H23N.ClH/c1-3-4-5-6-9-12-10-7-8-11(12)2;/h11H,3-10H2,1-2H3;1H. The maximum atomic E-state index is 2.40. The van der Waals surface area contributed by atoms with Crippen LogP contribution < -0.4 is 17.3 Å². The number of hydrogen-bond acceptors (Lipinski definition) is 0. The summed E-state index contributed by atoms with van der Waals surface area (Å²) in [6.45, 7) is 7.56. The minimum Gasteiger partial charge on any atom is -1.00 e. The first kappa shape index (κ1) is 13.2. The largest absolute Gasteiger partial charge is 1.00 e. The predicted octanol–water partition coefficient (Wildman–Crippen LogP) is -1.36. The summed E-state index contributed by atoms with van der Waals surface area (Å²) in [7, 11) is 0. The first-order valence-corrected chi connectivity index (χ1v) is 5.69. The molecule has 1 nitrogen and oxygen atoms in total. The molecule has 0 aromatic carbocycles. The van der Waals surface area contributed by atoms with Crippen LogP contribution in [0.5, 0.6) is 0 Å². The molecule has 1 heterocycles. The molecule has 0 aliphatic carbocycles. The van der Waals surface area contributed by atoms with Gasteiger partial charge in [0.2, 0.25) is 0 Å². The van der Waals surface area contributed by atoms with E-state index in [2.05, 4.69) is 13.8 Å². The lowest BCUT2D eigenvalue weighted by Gasteiger charge is -2.17. The van der Waals surface area contributed by atoms with Crippen LogP contribution in [0, 0.1) is 0 Å². The normalized spacial score (nSPS) is 27.2.